The molecule has 2 amide bonds. The lowest BCUT2D eigenvalue weighted by Crippen LogP contribution is -2.49. The van der Waals surface area contributed by atoms with Gasteiger partial charge in [0.15, 0.2) is 0 Å². The first-order chi connectivity index (χ1) is 8.36. The average molecular weight is 258 g/mol. The zero-order chi connectivity index (χ0) is 13.9. The summed E-state index contributed by atoms with van der Waals surface area (Å²) in [6.07, 6.45) is -0.530. The Hall–Kier alpha value is -1.63. The number of aliphatic hydroxyl groups excluding tert-OH is 1. The van der Waals surface area contributed by atoms with Crippen molar-refractivity contribution in [1.82, 2.24) is 10.2 Å². The molecule has 0 aromatic heterocycles. The molecule has 0 aromatic rings. The number of amides is 2. The Morgan fingerprint density at radius 3 is 2.56 bits per heavy atom. The molecule has 7 heteroatoms. The lowest BCUT2D eigenvalue weighted by Gasteiger charge is -2.23. The van der Waals surface area contributed by atoms with Crippen molar-refractivity contribution in [1.29, 1.82) is 0 Å². The topological polar surface area (TPSA) is 95.9 Å². The fourth-order valence-corrected chi connectivity index (χ4v) is 1.96. The highest BCUT2D eigenvalue weighted by Crippen LogP contribution is 2.18. The number of methoxy groups -OCH3 is 1. The summed E-state index contributed by atoms with van der Waals surface area (Å²) < 4.78 is 4.49. The Morgan fingerprint density at radius 1 is 1.44 bits per heavy atom. The predicted octanol–water partition coefficient (Wildman–Crippen LogP) is -1.35. The Morgan fingerprint density at radius 2 is 2.06 bits per heavy atom. The van der Waals surface area contributed by atoms with E-state index in [0.717, 1.165) is 0 Å². The zero-order valence-electron chi connectivity index (χ0n) is 10.7. The minimum atomic E-state index is -0.783. The summed E-state index contributed by atoms with van der Waals surface area (Å²) in [5.41, 5.74) is 0. The maximum atomic E-state index is 11.9. The molecular weight excluding hydrogens is 240 g/mol. The van der Waals surface area contributed by atoms with E-state index < -0.39 is 30.1 Å². The Kier molecular flexibility index (Phi) is 4.66. The number of esters is 1. The molecule has 3 atom stereocenters. The van der Waals surface area contributed by atoms with E-state index in [-0.39, 0.29) is 18.9 Å². The van der Waals surface area contributed by atoms with Gasteiger partial charge in [0.05, 0.1) is 13.2 Å². The van der Waals surface area contributed by atoms with Gasteiger partial charge >= 0.3 is 5.97 Å². The number of hydrogen-bond acceptors (Lipinski definition) is 5. The van der Waals surface area contributed by atoms with Crippen LogP contribution in [0.2, 0.25) is 0 Å². The summed E-state index contributed by atoms with van der Waals surface area (Å²) in [4.78, 5) is 35.7. The number of carbonyl (C=O) groups excluding carboxylic acids is 3. The van der Waals surface area contributed by atoms with Crippen LogP contribution in [0.3, 0.4) is 0 Å². The van der Waals surface area contributed by atoms with Crippen LogP contribution in [-0.2, 0) is 19.1 Å². The first-order valence-corrected chi connectivity index (χ1v) is 5.70. The van der Waals surface area contributed by atoms with E-state index in [2.05, 4.69) is 10.1 Å². The Labute approximate surface area is 105 Å². The molecule has 1 aliphatic rings. The van der Waals surface area contributed by atoms with Gasteiger partial charge in [0.1, 0.15) is 12.1 Å². The van der Waals surface area contributed by atoms with E-state index >= 15 is 0 Å². The lowest BCUT2D eigenvalue weighted by atomic mass is 10.1. The average Bonchev–Trinajstić information content (AvgIpc) is 2.70. The summed E-state index contributed by atoms with van der Waals surface area (Å²) in [6, 6.07) is -1.52. The van der Waals surface area contributed by atoms with Crippen molar-refractivity contribution in [2.24, 2.45) is 0 Å². The number of aliphatic hydroxyl groups is 1. The van der Waals surface area contributed by atoms with Crippen LogP contribution in [0.15, 0.2) is 0 Å². The van der Waals surface area contributed by atoms with E-state index in [0.29, 0.717) is 0 Å². The van der Waals surface area contributed by atoms with Gasteiger partial charge in [0.2, 0.25) is 11.8 Å². The van der Waals surface area contributed by atoms with Gasteiger partial charge in [-0.05, 0) is 6.92 Å². The second kappa shape index (κ2) is 5.81. The third-order valence-electron chi connectivity index (χ3n) is 2.90. The summed E-state index contributed by atoms with van der Waals surface area (Å²) in [5.74, 6) is -1.30. The number of β-amino-alcohol motifs (C(OH)–C–C–N with tert-alkyl or cyclic N) is 1. The van der Waals surface area contributed by atoms with Gasteiger partial charge in [0, 0.05) is 19.9 Å². The van der Waals surface area contributed by atoms with Gasteiger partial charge in [-0.3, -0.25) is 9.59 Å². The minimum Gasteiger partial charge on any atom is -0.467 e. The fourth-order valence-electron chi connectivity index (χ4n) is 1.96. The number of carbonyl (C=O) groups is 3. The molecule has 0 aromatic carbocycles. The molecule has 18 heavy (non-hydrogen) atoms. The minimum absolute atomic E-state index is 0.139. The molecule has 0 aliphatic carbocycles. The molecule has 1 fully saturated rings. The van der Waals surface area contributed by atoms with E-state index in [1.165, 1.54) is 25.9 Å². The molecule has 0 radical (unpaired) electrons. The van der Waals surface area contributed by atoms with Crippen LogP contribution in [0.4, 0.5) is 0 Å². The maximum Gasteiger partial charge on any atom is 0.328 e. The molecule has 1 saturated heterocycles. The molecule has 1 heterocycles. The Balaban J connectivity index is 2.65. The van der Waals surface area contributed by atoms with Gasteiger partial charge in [-0.2, -0.15) is 0 Å². The highest BCUT2D eigenvalue weighted by atomic mass is 16.5. The number of ether oxygens (including phenoxy) is 1. The third-order valence-corrected chi connectivity index (χ3v) is 2.90. The van der Waals surface area contributed by atoms with Crippen LogP contribution in [0, 0.1) is 0 Å². The summed E-state index contributed by atoms with van der Waals surface area (Å²) in [5, 5.41) is 12.0. The van der Waals surface area contributed by atoms with Crippen molar-refractivity contribution >= 4 is 17.8 Å². The normalized spacial score (nSPS) is 24.6. The molecular formula is C11H18N2O5. The molecule has 0 bridgehead atoms. The second-order valence-electron chi connectivity index (χ2n) is 4.33. The summed E-state index contributed by atoms with van der Waals surface area (Å²) >= 11 is 0. The van der Waals surface area contributed by atoms with E-state index in [4.69, 9.17) is 0 Å². The first kappa shape index (κ1) is 14.4. The van der Waals surface area contributed by atoms with Crippen molar-refractivity contribution in [2.45, 2.75) is 38.5 Å². The lowest BCUT2D eigenvalue weighted by molar-refractivity contribution is -0.145. The van der Waals surface area contributed by atoms with Gasteiger partial charge < -0.3 is 20.1 Å². The van der Waals surface area contributed by atoms with Crippen LogP contribution < -0.4 is 5.32 Å². The molecule has 102 valence electrons. The quantitative estimate of drug-likeness (QED) is 0.610. The van der Waals surface area contributed by atoms with Crippen LogP contribution in [0.5, 0.6) is 0 Å². The maximum absolute atomic E-state index is 11.9. The molecule has 1 aliphatic heterocycles. The predicted molar refractivity (Wildman–Crippen MR) is 61.4 cm³/mol. The largest absolute Gasteiger partial charge is 0.467 e. The standard InChI is InChI=1S/C11H18N2O5/c1-6(11(17)18-3)12-10(16)9-4-8(15)5-13(9)7(2)14/h6,8-9,15H,4-5H2,1-3H3,(H,12,16)/t6-,8-,9+/m1/s1. The van der Waals surface area contributed by atoms with E-state index in [1.54, 1.807) is 0 Å². The van der Waals surface area contributed by atoms with Crippen molar-refractivity contribution in [3.63, 3.8) is 0 Å². The number of nitrogens with zero attached hydrogens (tertiary/aromatic N) is 1. The second-order valence-corrected chi connectivity index (χ2v) is 4.33. The molecule has 7 nitrogen and oxygen atoms in total. The van der Waals surface area contributed by atoms with Crippen LogP contribution >= 0.6 is 0 Å². The molecule has 2 N–H and O–H groups in total. The third kappa shape index (κ3) is 3.19. The number of rotatable bonds is 3. The summed E-state index contributed by atoms with van der Waals surface area (Å²) in [7, 11) is 1.23. The molecule has 0 unspecified atom stereocenters. The highest BCUT2D eigenvalue weighted by Gasteiger charge is 2.38. The summed E-state index contributed by atoms with van der Waals surface area (Å²) in [6.45, 7) is 2.97. The number of nitrogens with one attached hydrogen (secondary N) is 1. The fraction of sp³-hybridized carbons (Fsp3) is 0.727. The SMILES string of the molecule is COC(=O)[C@@H](C)NC(=O)[C@@H]1C[C@@H](O)CN1C(C)=O. The smallest absolute Gasteiger partial charge is 0.328 e. The van der Waals surface area contributed by atoms with Crippen molar-refractivity contribution in [3.8, 4) is 0 Å². The molecule has 0 spiro atoms. The van der Waals surface area contributed by atoms with Gasteiger partial charge in [-0.1, -0.05) is 0 Å². The van der Waals surface area contributed by atoms with Crippen molar-refractivity contribution < 1.29 is 24.2 Å². The van der Waals surface area contributed by atoms with Gasteiger partial charge in [0.25, 0.3) is 0 Å². The van der Waals surface area contributed by atoms with Crippen molar-refractivity contribution in [3.05, 3.63) is 0 Å². The van der Waals surface area contributed by atoms with Crippen LogP contribution in [0.1, 0.15) is 20.3 Å². The highest BCUT2D eigenvalue weighted by molar-refractivity contribution is 5.90. The van der Waals surface area contributed by atoms with Gasteiger partial charge in [-0.25, -0.2) is 4.79 Å². The van der Waals surface area contributed by atoms with Crippen molar-refractivity contribution in [2.75, 3.05) is 13.7 Å². The first-order valence-electron chi connectivity index (χ1n) is 5.70. The molecule has 1 rings (SSSR count). The number of hydrogen-bond donors (Lipinski definition) is 2. The van der Waals surface area contributed by atoms with Gasteiger partial charge in [-0.15, -0.1) is 0 Å². The van der Waals surface area contributed by atoms with E-state index in [9.17, 15) is 19.5 Å². The Bertz CT molecular complexity index is 357. The number of likely N-dealkylation sites (tertiary alicyclic amines) is 1. The zero-order valence-corrected chi connectivity index (χ0v) is 10.7. The monoisotopic (exact) mass is 258 g/mol. The van der Waals surface area contributed by atoms with E-state index in [1.807, 2.05) is 0 Å². The molecule has 0 saturated carbocycles. The van der Waals surface area contributed by atoms with Crippen LogP contribution in [-0.4, -0.2) is 59.6 Å². The van der Waals surface area contributed by atoms with Crippen LogP contribution in [0.25, 0.3) is 0 Å².